The third-order valence-corrected chi connectivity index (χ3v) is 7.44. The lowest BCUT2D eigenvalue weighted by molar-refractivity contribution is 0.0984. The smallest absolute Gasteiger partial charge is 0.0371 e. The molecule has 2 aromatic rings. The van der Waals surface area contributed by atoms with Crippen LogP contribution in [0.3, 0.4) is 0 Å². The predicted octanol–water partition coefficient (Wildman–Crippen LogP) is 6.41. The van der Waals surface area contributed by atoms with Gasteiger partial charge in [-0.15, -0.1) is 0 Å². The third kappa shape index (κ3) is 2.76. The van der Waals surface area contributed by atoms with Crippen LogP contribution in [0.5, 0.6) is 0 Å². The summed E-state index contributed by atoms with van der Waals surface area (Å²) in [6.07, 6.45) is 11.2. The Balaban J connectivity index is 1.59. The Hall–Kier alpha value is -1.76. The number of piperidine rings is 1. The number of nitrogens with zero attached hydrogens (tertiary/aromatic N) is 1. The minimum absolute atomic E-state index is 0.732. The summed E-state index contributed by atoms with van der Waals surface area (Å²) in [6, 6.07) is 24.3. The van der Waals surface area contributed by atoms with Gasteiger partial charge in [-0.2, -0.15) is 0 Å². The highest BCUT2D eigenvalue weighted by Crippen LogP contribution is 2.53. The van der Waals surface area contributed by atoms with E-state index in [1.807, 2.05) is 0 Å². The zero-order chi connectivity index (χ0) is 17.3. The highest BCUT2D eigenvalue weighted by molar-refractivity contribution is 5.50. The summed E-state index contributed by atoms with van der Waals surface area (Å²) in [4.78, 5) is 2.90. The van der Waals surface area contributed by atoms with Crippen LogP contribution in [0.4, 0.5) is 5.69 Å². The summed E-state index contributed by atoms with van der Waals surface area (Å²) < 4.78 is 0. The molecule has 2 saturated carbocycles. The summed E-state index contributed by atoms with van der Waals surface area (Å²) in [5, 5.41) is 0. The first-order valence-electron chi connectivity index (χ1n) is 10.8. The van der Waals surface area contributed by atoms with Crippen molar-refractivity contribution in [2.75, 3.05) is 4.90 Å². The van der Waals surface area contributed by atoms with E-state index in [-0.39, 0.29) is 0 Å². The molecule has 0 amide bonds. The van der Waals surface area contributed by atoms with Gasteiger partial charge in [-0.1, -0.05) is 74.2 Å². The molecular weight excluding hydrogens is 314 g/mol. The number of para-hydroxylation sites is 1. The normalized spacial score (nSPS) is 34.0. The summed E-state index contributed by atoms with van der Waals surface area (Å²) in [5.74, 6) is 2.42. The van der Waals surface area contributed by atoms with Crippen molar-refractivity contribution in [2.24, 2.45) is 11.8 Å². The summed E-state index contributed by atoms with van der Waals surface area (Å²) in [5.41, 5.74) is 3.10. The monoisotopic (exact) mass is 345 g/mol. The van der Waals surface area contributed by atoms with Gasteiger partial charge < -0.3 is 4.90 Å². The van der Waals surface area contributed by atoms with Crippen LogP contribution in [0, 0.1) is 11.8 Å². The van der Waals surface area contributed by atoms with Crippen molar-refractivity contribution in [1.29, 1.82) is 0 Å². The molecule has 0 spiro atoms. The molecule has 0 bridgehead atoms. The van der Waals surface area contributed by atoms with Gasteiger partial charge in [0.2, 0.25) is 0 Å². The van der Waals surface area contributed by atoms with Crippen LogP contribution in [-0.2, 0) is 0 Å². The molecule has 3 fully saturated rings. The molecule has 3 aliphatic rings. The lowest BCUT2D eigenvalue weighted by atomic mass is 9.59. The minimum Gasteiger partial charge on any atom is -0.365 e. The Labute approximate surface area is 158 Å². The maximum Gasteiger partial charge on any atom is 0.0371 e. The molecule has 0 N–H and O–H groups in total. The van der Waals surface area contributed by atoms with E-state index < -0.39 is 0 Å². The van der Waals surface area contributed by atoms with E-state index in [9.17, 15) is 0 Å². The molecule has 1 aliphatic heterocycles. The predicted molar refractivity (Wildman–Crippen MR) is 110 cm³/mol. The molecule has 5 atom stereocenters. The largest absolute Gasteiger partial charge is 0.365 e. The molecule has 1 saturated heterocycles. The third-order valence-electron chi connectivity index (χ3n) is 7.44. The van der Waals surface area contributed by atoms with Crippen LogP contribution < -0.4 is 4.90 Å². The van der Waals surface area contributed by atoms with Crippen molar-refractivity contribution >= 4 is 5.69 Å². The van der Waals surface area contributed by atoms with Crippen LogP contribution in [0.15, 0.2) is 60.7 Å². The minimum atomic E-state index is 0.732. The van der Waals surface area contributed by atoms with Gasteiger partial charge in [0.25, 0.3) is 0 Å². The lowest BCUT2D eigenvalue weighted by Gasteiger charge is -2.58. The van der Waals surface area contributed by atoms with E-state index in [0.717, 1.165) is 29.8 Å². The summed E-state index contributed by atoms with van der Waals surface area (Å²) in [7, 11) is 0. The Morgan fingerprint density at radius 3 is 1.65 bits per heavy atom. The molecule has 2 aliphatic carbocycles. The molecule has 2 aromatic carbocycles. The number of hydrogen-bond acceptors (Lipinski definition) is 1. The van der Waals surface area contributed by atoms with Crippen molar-refractivity contribution in [3.63, 3.8) is 0 Å². The van der Waals surface area contributed by atoms with Crippen molar-refractivity contribution < 1.29 is 0 Å². The number of hydrogen-bond donors (Lipinski definition) is 0. The quantitative estimate of drug-likeness (QED) is 0.608. The first kappa shape index (κ1) is 16.4. The van der Waals surface area contributed by atoms with Crippen LogP contribution in [0.25, 0.3) is 0 Å². The standard InChI is InChI=1S/C25H31N/c1-3-11-19(12-4-1)25-21-15-7-9-17-23(21)26(20-13-5-2-6-14-20)24-18-10-8-16-22(24)25/h1-6,11-14,21-25H,7-10,15-18H2/t21-,22+,23-,24+,25?. The molecule has 1 heterocycles. The number of benzene rings is 2. The number of rotatable bonds is 2. The van der Waals surface area contributed by atoms with Gasteiger partial charge in [0.05, 0.1) is 0 Å². The average molecular weight is 346 g/mol. The SMILES string of the molecule is c1ccc(C2[C@H]3CCCC[C@@H]3N(c3ccccc3)[C@@H]3CCCC[C@@H]23)cc1. The van der Waals surface area contributed by atoms with Gasteiger partial charge >= 0.3 is 0 Å². The van der Waals surface area contributed by atoms with Gasteiger partial charge in [0.15, 0.2) is 0 Å². The van der Waals surface area contributed by atoms with Gasteiger partial charge in [-0.3, -0.25) is 0 Å². The summed E-state index contributed by atoms with van der Waals surface area (Å²) >= 11 is 0. The number of fused-ring (bicyclic) bond motifs is 2. The number of anilines is 1. The van der Waals surface area contributed by atoms with Crippen LogP contribution >= 0.6 is 0 Å². The van der Waals surface area contributed by atoms with E-state index in [1.165, 1.54) is 57.1 Å². The first-order chi connectivity index (χ1) is 12.9. The van der Waals surface area contributed by atoms with Crippen molar-refractivity contribution in [3.8, 4) is 0 Å². The van der Waals surface area contributed by atoms with Gasteiger partial charge in [-0.25, -0.2) is 0 Å². The zero-order valence-electron chi connectivity index (χ0n) is 15.8. The van der Waals surface area contributed by atoms with Gasteiger partial charge in [0.1, 0.15) is 0 Å². The fraction of sp³-hybridized carbons (Fsp3) is 0.520. The molecular formula is C25H31N. The van der Waals surface area contributed by atoms with Gasteiger partial charge in [0, 0.05) is 17.8 Å². The highest BCUT2D eigenvalue weighted by Gasteiger charge is 2.50. The molecule has 1 unspecified atom stereocenters. The average Bonchev–Trinajstić information content (AvgIpc) is 2.73. The Morgan fingerprint density at radius 2 is 1.08 bits per heavy atom. The fourth-order valence-corrected chi connectivity index (χ4v) is 6.52. The van der Waals surface area contributed by atoms with E-state index in [4.69, 9.17) is 0 Å². The fourth-order valence-electron chi connectivity index (χ4n) is 6.52. The Bertz CT molecular complexity index is 622. The van der Waals surface area contributed by atoms with Crippen LogP contribution in [0.1, 0.15) is 62.8 Å². The maximum absolute atomic E-state index is 2.90. The van der Waals surface area contributed by atoms with E-state index in [2.05, 4.69) is 65.6 Å². The molecule has 0 radical (unpaired) electrons. The molecule has 5 rings (SSSR count). The molecule has 136 valence electrons. The molecule has 1 nitrogen and oxygen atoms in total. The van der Waals surface area contributed by atoms with Crippen LogP contribution in [-0.4, -0.2) is 12.1 Å². The Morgan fingerprint density at radius 1 is 0.577 bits per heavy atom. The van der Waals surface area contributed by atoms with Gasteiger partial charge in [-0.05, 0) is 61.1 Å². The molecule has 26 heavy (non-hydrogen) atoms. The molecule has 0 aromatic heterocycles. The van der Waals surface area contributed by atoms with Crippen LogP contribution in [0.2, 0.25) is 0 Å². The van der Waals surface area contributed by atoms with E-state index in [1.54, 1.807) is 5.56 Å². The van der Waals surface area contributed by atoms with E-state index in [0.29, 0.717) is 0 Å². The summed E-state index contributed by atoms with van der Waals surface area (Å²) in [6.45, 7) is 0. The second-order valence-electron chi connectivity index (χ2n) is 8.71. The van der Waals surface area contributed by atoms with Crippen molar-refractivity contribution in [1.82, 2.24) is 0 Å². The van der Waals surface area contributed by atoms with E-state index >= 15 is 0 Å². The molecule has 1 heteroatoms. The topological polar surface area (TPSA) is 3.24 Å². The zero-order valence-corrected chi connectivity index (χ0v) is 15.8. The van der Waals surface area contributed by atoms with Crippen molar-refractivity contribution in [3.05, 3.63) is 66.2 Å². The maximum atomic E-state index is 2.90. The van der Waals surface area contributed by atoms with Crippen molar-refractivity contribution in [2.45, 2.75) is 69.4 Å². The first-order valence-corrected chi connectivity index (χ1v) is 10.8. The second-order valence-corrected chi connectivity index (χ2v) is 8.71. The Kier molecular flexibility index (Phi) is 4.48. The second kappa shape index (κ2) is 7.10. The highest BCUT2D eigenvalue weighted by atomic mass is 15.2. The lowest BCUT2D eigenvalue weighted by Crippen LogP contribution is -2.60.